The molecule has 0 atom stereocenters. The van der Waals surface area contributed by atoms with Crippen LogP contribution in [0.15, 0.2) is 59.1 Å². The number of hydrogen-bond acceptors (Lipinski definition) is 2. The SMILES string of the molecule is Clc1cc(-c2ccccc2)nc(-c2ccc(Cl)c(Br)c2)n1. The van der Waals surface area contributed by atoms with Crippen LogP contribution in [0.3, 0.4) is 0 Å². The molecule has 0 aliphatic carbocycles. The van der Waals surface area contributed by atoms with Gasteiger partial charge in [-0.25, -0.2) is 9.97 Å². The van der Waals surface area contributed by atoms with Crippen molar-refractivity contribution in [1.29, 1.82) is 0 Å². The van der Waals surface area contributed by atoms with Gasteiger partial charge in [-0.05, 0) is 34.1 Å². The van der Waals surface area contributed by atoms with Gasteiger partial charge < -0.3 is 0 Å². The van der Waals surface area contributed by atoms with Gasteiger partial charge in [0, 0.05) is 21.7 Å². The van der Waals surface area contributed by atoms with Gasteiger partial charge in [0.15, 0.2) is 5.82 Å². The number of rotatable bonds is 2. The number of halogens is 3. The van der Waals surface area contributed by atoms with E-state index in [9.17, 15) is 0 Å². The van der Waals surface area contributed by atoms with Gasteiger partial charge in [-0.1, -0.05) is 53.5 Å². The maximum Gasteiger partial charge on any atom is 0.161 e. The summed E-state index contributed by atoms with van der Waals surface area (Å²) in [7, 11) is 0. The Morgan fingerprint density at radius 1 is 0.810 bits per heavy atom. The van der Waals surface area contributed by atoms with Crippen molar-refractivity contribution < 1.29 is 0 Å². The summed E-state index contributed by atoms with van der Waals surface area (Å²) in [5, 5.41) is 1.05. The molecule has 0 bridgehead atoms. The van der Waals surface area contributed by atoms with E-state index < -0.39 is 0 Å². The van der Waals surface area contributed by atoms with Crippen molar-refractivity contribution in [3.8, 4) is 22.6 Å². The highest BCUT2D eigenvalue weighted by Crippen LogP contribution is 2.29. The summed E-state index contributed by atoms with van der Waals surface area (Å²) in [6.07, 6.45) is 0. The van der Waals surface area contributed by atoms with Crippen LogP contribution in [0.1, 0.15) is 0 Å². The van der Waals surface area contributed by atoms with E-state index >= 15 is 0 Å². The first-order valence-corrected chi connectivity index (χ1v) is 7.74. The van der Waals surface area contributed by atoms with Gasteiger partial charge in [0.1, 0.15) is 5.15 Å². The summed E-state index contributed by atoms with van der Waals surface area (Å²) in [5.74, 6) is 0.568. The van der Waals surface area contributed by atoms with Crippen LogP contribution in [0, 0.1) is 0 Å². The standard InChI is InChI=1S/C16H9BrCl2N2/c17-12-8-11(6-7-13(12)18)16-20-14(9-15(19)21-16)10-4-2-1-3-5-10/h1-9H. The van der Waals surface area contributed by atoms with Gasteiger partial charge in [0.25, 0.3) is 0 Å². The predicted molar refractivity (Wildman–Crippen MR) is 90.6 cm³/mol. The molecule has 0 amide bonds. The molecule has 5 heteroatoms. The molecular weight excluding hydrogens is 371 g/mol. The lowest BCUT2D eigenvalue weighted by molar-refractivity contribution is 1.18. The molecule has 0 N–H and O–H groups in total. The molecule has 0 fully saturated rings. The molecule has 0 saturated carbocycles. The lowest BCUT2D eigenvalue weighted by Crippen LogP contribution is -1.93. The van der Waals surface area contributed by atoms with E-state index in [1.165, 1.54) is 0 Å². The second-order valence-electron chi connectivity index (χ2n) is 4.39. The van der Waals surface area contributed by atoms with Crippen LogP contribution >= 0.6 is 39.1 Å². The van der Waals surface area contributed by atoms with Gasteiger partial charge in [-0.2, -0.15) is 0 Å². The minimum Gasteiger partial charge on any atom is -0.228 e. The summed E-state index contributed by atoms with van der Waals surface area (Å²) in [6.45, 7) is 0. The lowest BCUT2D eigenvalue weighted by Gasteiger charge is -2.06. The van der Waals surface area contributed by atoms with Gasteiger partial charge >= 0.3 is 0 Å². The third-order valence-corrected chi connectivity index (χ3v) is 4.35. The van der Waals surface area contributed by atoms with E-state index in [1.807, 2.05) is 42.5 Å². The van der Waals surface area contributed by atoms with Crippen molar-refractivity contribution >= 4 is 39.1 Å². The smallest absolute Gasteiger partial charge is 0.161 e. The highest BCUT2D eigenvalue weighted by atomic mass is 79.9. The highest BCUT2D eigenvalue weighted by Gasteiger charge is 2.09. The first kappa shape index (κ1) is 14.5. The fourth-order valence-corrected chi connectivity index (χ4v) is 2.62. The molecule has 2 aromatic carbocycles. The fourth-order valence-electron chi connectivity index (χ4n) is 1.94. The first-order valence-electron chi connectivity index (χ1n) is 6.19. The molecule has 0 aliphatic rings. The average Bonchev–Trinajstić information content (AvgIpc) is 2.50. The first-order chi connectivity index (χ1) is 10.1. The Labute approximate surface area is 140 Å². The van der Waals surface area contributed by atoms with E-state index in [0.29, 0.717) is 16.0 Å². The molecular formula is C16H9BrCl2N2. The molecule has 0 aliphatic heterocycles. The van der Waals surface area contributed by atoms with Crippen LogP contribution in [0.4, 0.5) is 0 Å². The zero-order valence-corrected chi connectivity index (χ0v) is 13.8. The second kappa shape index (κ2) is 6.14. The Hall–Kier alpha value is -1.42. The molecule has 1 heterocycles. The molecule has 3 aromatic rings. The number of hydrogen-bond donors (Lipinski definition) is 0. The Kier molecular flexibility index (Phi) is 4.24. The van der Waals surface area contributed by atoms with Crippen molar-refractivity contribution in [2.75, 3.05) is 0 Å². The molecule has 3 rings (SSSR count). The van der Waals surface area contributed by atoms with E-state index in [-0.39, 0.29) is 0 Å². The van der Waals surface area contributed by atoms with Gasteiger partial charge in [0.2, 0.25) is 0 Å². The molecule has 0 unspecified atom stereocenters. The van der Waals surface area contributed by atoms with Crippen molar-refractivity contribution in [3.05, 3.63) is 69.2 Å². The van der Waals surface area contributed by atoms with Crippen molar-refractivity contribution in [2.24, 2.45) is 0 Å². The van der Waals surface area contributed by atoms with Crippen molar-refractivity contribution in [2.45, 2.75) is 0 Å². The minimum atomic E-state index is 0.407. The third kappa shape index (κ3) is 3.26. The topological polar surface area (TPSA) is 25.8 Å². The van der Waals surface area contributed by atoms with Gasteiger partial charge in [-0.3, -0.25) is 0 Å². The highest BCUT2D eigenvalue weighted by molar-refractivity contribution is 9.10. The summed E-state index contributed by atoms with van der Waals surface area (Å²) in [4.78, 5) is 8.88. The summed E-state index contributed by atoms with van der Waals surface area (Å²) < 4.78 is 0.798. The average molecular weight is 380 g/mol. The fraction of sp³-hybridized carbons (Fsp3) is 0. The molecule has 1 aromatic heterocycles. The molecule has 0 spiro atoms. The monoisotopic (exact) mass is 378 g/mol. The lowest BCUT2D eigenvalue weighted by atomic mass is 10.1. The van der Waals surface area contributed by atoms with Crippen LogP contribution in [0.5, 0.6) is 0 Å². The van der Waals surface area contributed by atoms with Crippen LogP contribution in [0.2, 0.25) is 10.2 Å². The minimum absolute atomic E-state index is 0.407. The van der Waals surface area contributed by atoms with Crippen LogP contribution < -0.4 is 0 Å². The van der Waals surface area contributed by atoms with Gasteiger partial charge in [-0.15, -0.1) is 0 Å². The molecule has 0 saturated heterocycles. The number of aromatic nitrogens is 2. The number of nitrogens with zero attached hydrogens (tertiary/aromatic N) is 2. The van der Waals surface area contributed by atoms with Crippen LogP contribution in [-0.4, -0.2) is 9.97 Å². The predicted octanol–water partition coefficient (Wildman–Crippen LogP) is 5.88. The van der Waals surface area contributed by atoms with Crippen molar-refractivity contribution in [1.82, 2.24) is 9.97 Å². The Bertz CT molecular complexity index is 792. The third-order valence-electron chi connectivity index (χ3n) is 2.94. The summed E-state index contributed by atoms with van der Waals surface area (Å²) in [5.41, 5.74) is 2.64. The maximum absolute atomic E-state index is 6.13. The quantitative estimate of drug-likeness (QED) is 0.519. The van der Waals surface area contributed by atoms with E-state index in [0.717, 1.165) is 21.3 Å². The van der Waals surface area contributed by atoms with Crippen molar-refractivity contribution in [3.63, 3.8) is 0 Å². The Morgan fingerprint density at radius 2 is 1.57 bits per heavy atom. The maximum atomic E-state index is 6.13. The zero-order valence-electron chi connectivity index (χ0n) is 10.7. The zero-order chi connectivity index (χ0) is 14.8. The van der Waals surface area contributed by atoms with Crippen LogP contribution in [-0.2, 0) is 0 Å². The van der Waals surface area contributed by atoms with Crippen LogP contribution in [0.25, 0.3) is 22.6 Å². The molecule has 0 radical (unpaired) electrons. The molecule has 2 nitrogen and oxygen atoms in total. The van der Waals surface area contributed by atoms with E-state index in [1.54, 1.807) is 12.1 Å². The van der Waals surface area contributed by atoms with E-state index in [4.69, 9.17) is 23.2 Å². The Balaban J connectivity index is 2.11. The Morgan fingerprint density at radius 3 is 2.29 bits per heavy atom. The summed E-state index contributed by atoms with van der Waals surface area (Å²) in [6, 6.07) is 17.2. The molecule has 21 heavy (non-hydrogen) atoms. The van der Waals surface area contributed by atoms with E-state index in [2.05, 4.69) is 25.9 Å². The molecule has 104 valence electrons. The number of benzene rings is 2. The van der Waals surface area contributed by atoms with Gasteiger partial charge in [0.05, 0.1) is 10.7 Å². The normalized spacial score (nSPS) is 10.6. The summed E-state index contributed by atoms with van der Waals surface area (Å²) >= 11 is 15.5. The largest absolute Gasteiger partial charge is 0.228 e. The second-order valence-corrected chi connectivity index (χ2v) is 6.04.